The summed E-state index contributed by atoms with van der Waals surface area (Å²) in [5.41, 5.74) is 3.83. The first-order valence-corrected chi connectivity index (χ1v) is 17.2. The minimum atomic E-state index is -1.17. The number of thioether (sulfide) groups is 1. The number of nitrogens with zero attached hydrogens (tertiary/aromatic N) is 4. The summed E-state index contributed by atoms with van der Waals surface area (Å²) in [6, 6.07) is 17.4. The fourth-order valence-electron chi connectivity index (χ4n) is 6.03. The molecule has 1 spiro atoms. The van der Waals surface area contributed by atoms with Crippen LogP contribution in [0.4, 0.5) is 5.95 Å². The lowest BCUT2D eigenvalue weighted by Gasteiger charge is -2.46. The Balaban J connectivity index is 1.30. The van der Waals surface area contributed by atoms with E-state index >= 15 is 0 Å². The summed E-state index contributed by atoms with van der Waals surface area (Å²) >= 11 is 2.44. The van der Waals surface area contributed by atoms with Gasteiger partial charge in [0.05, 0.1) is 10.9 Å². The molecule has 1 aliphatic heterocycles. The molecule has 2 aromatic carbocycles. The molecule has 1 saturated heterocycles. The van der Waals surface area contributed by atoms with E-state index in [2.05, 4.69) is 76.4 Å². The van der Waals surface area contributed by atoms with Gasteiger partial charge in [-0.3, -0.25) is 4.40 Å². The van der Waals surface area contributed by atoms with Gasteiger partial charge in [0, 0.05) is 63.5 Å². The van der Waals surface area contributed by atoms with Crippen LogP contribution in [0.5, 0.6) is 0 Å². The molecule has 0 radical (unpaired) electrons. The first-order valence-electron chi connectivity index (χ1n) is 14.4. The van der Waals surface area contributed by atoms with E-state index in [-0.39, 0.29) is 16.2 Å². The van der Waals surface area contributed by atoms with E-state index in [1.165, 1.54) is 20.9 Å². The standard InChI is InChI=1S/C32H39N5OS3/c1-22(2)39-25-12-8-9-13-26(25)40-27-20-34-30(37-17-15-33-29(27)37)36-16-14-32(18-23-10-6-7-11-24(23)19-32)28(21-36)35-41(38)31(3,4)5/h6-13,15,17,20,22,28,35H,14,16,18-19,21H2,1-5H3/t28?,41-/m1/s1. The van der Waals surface area contributed by atoms with Gasteiger partial charge < -0.3 is 9.45 Å². The van der Waals surface area contributed by atoms with Crippen LogP contribution < -0.4 is 9.62 Å². The number of nitrogens with one attached hydrogen (secondary N) is 1. The maximum absolute atomic E-state index is 13.4. The maximum atomic E-state index is 13.4. The number of hydrogen-bond acceptors (Lipinski definition) is 7. The molecular formula is C32H39N5OS3. The zero-order chi connectivity index (χ0) is 28.8. The lowest BCUT2D eigenvalue weighted by Crippen LogP contribution is -2.61. The van der Waals surface area contributed by atoms with Crippen LogP contribution >= 0.6 is 23.5 Å². The highest BCUT2D eigenvalue weighted by molar-refractivity contribution is 8.02. The minimum Gasteiger partial charge on any atom is -0.598 e. The average Bonchev–Trinajstić information content (AvgIpc) is 3.56. The summed E-state index contributed by atoms with van der Waals surface area (Å²) < 4.78 is 18.8. The molecule has 216 valence electrons. The summed E-state index contributed by atoms with van der Waals surface area (Å²) in [6.07, 6.45) is 8.91. The number of anilines is 1. The van der Waals surface area contributed by atoms with Gasteiger partial charge in [0.2, 0.25) is 5.95 Å². The van der Waals surface area contributed by atoms with E-state index in [0.29, 0.717) is 5.25 Å². The third-order valence-electron chi connectivity index (χ3n) is 8.12. The summed E-state index contributed by atoms with van der Waals surface area (Å²) in [7, 11) is 0. The molecule has 0 saturated carbocycles. The lowest BCUT2D eigenvalue weighted by molar-refractivity contribution is 0.179. The van der Waals surface area contributed by atoms with Gasteiger partial charge in [0.15, 0.2) is 5.65 Å². The van der Waals surface area contributed by atoms with E-state index in [1.54, 1.807) is 11.8 Å². The monoisotopic (exact) mass is 605 g/mol. The molecule has 2 atom stereocenters. The molecule has 2 aliphatic rings. The fourth-order valence-corrected chi connectivity index (χ4v) is 8.98. The Morgan fingerprint density at radius 1 is 1.00 bits per heavy atom. The van der Waals surface area contributed by atoms with Crippen LogP contribution in [0.3, 0.4) is 0 Å². The van der Waals surface area contributed by atoms with Crippen LogP contribution in [-0.4, -0.2) is 48.0 Å². The quantitative estimate of drug-likeness (QED) is 0.184. The Morgan fingerprint density at radius 3 is 2.37 bits per heavy atom. The molecule has 0 bridgehead atoms. The second kappa shape index (κ2) is 11.5. The van der Waals surface area contributed by atoms with Gasteiger partial charge >= 0.3 is 0 Å². The molecule has 9 heteroatoms. The van der Waals surface area contributed by atoms with Crippen LogP contribution in [-0.2, 0) is 24.2 Å². The molecule has 6 nitrogen and oxygen atoms in total. The highest BCUT2D eigenvalue weighted by atomic mass is 32.2. The fraction of sp³-hybridized carbons (Fsp3) is 0.438. The normalized spacial score (nSPS) is 19.3. The Bertz CT molecular complexity index is 1510. The Kier molecular flexibility index (Phi) is 8.11. The van der Waals surface area contributed by atoms with Gasteiger partial charge in [0.1, 0.15) is 4.75 Å². The van der Waals surface area contributed by atoms with Gasteiger partial charge in [-0.2, -0.15) is 0 Å². The smallest absolute Gasteiger partial charge is 0.211 e. The first kappa shape index (κ1) is 28.9. The molecule has 4 aromatic rings. The first-order chi connectivity index (χ1) is 19.6. The van der Waals surface area contributed by atoms with Crippen molar-refractivity contribution < 1.29 is 4.55 Å². The van der Waals surface area contributed by atoms with Crippen LogP contribution in [0.25, 0.3) is 5.65 Å². The molecular weight excluding hydrogens is 567 g/mol. The molecule has 1 fully saturated rings. The van der Waals surface area contributed by atoms with Gasteiger partial charge in [-0.15, -0.1) is 16.5 Å². The van der Waals surface area contributed by atoms with Crippen LogP contribution in [0.1, 0.15) is 52.2 Å². The molecule has 1 unspecified atom stereocenters. The van der Waals surface area contributed by atoms with Gasteiger partial charge in [-0.05, 0) is 63.3 Å². The van der Waals surface area contributed by atoms with Gasteiger partial charge in [-0.25, -0.2) is 9.97 Å². The average molecular weight is 606 g/mol. The number of benzene rings is 2. The number of hydrogen-bond donors (Lipinski definition) is 1. The van der Waals surface area contributed by atoms with E-state index in [0.717, 1.165) is 48.8 Å². The van der Waals surface area contributed by atoms with Gasteiger partial charge in [-0.1, -0.05) is 62.0 Å². The van der Waals surface area contributed by atoms with E-state index in [1.807, 2.05) is 51.1 Å². The molecule has 2 aromatic heterocycles. The van der Waals surface area contributed by atoms with Gasteiger partial charge in [0.25, 0.3) is 0 Å². The van der Waals surface area contributed by atoms with Crippen molar-refractivity contribution in [1.82, 2.24) is 19.1 Å². The Morgan fingerprint density at radius 2 is 1.68 bits per heavy atom. The van der Waals surface area contributed by atoms with Crippen LogP contribution in [0.15, 0.2) is 81.8 Å². The molecule has 3 heterocycles. The lowest BCUT2D eigenvalue weighted by atomic mass is 9.72. The number of piperidine rings is 1. The topological polar surface area (TPSA) is 68.5 Å². The van der Waals surface area contributed by atoms with Crippen molar-refractivity contribution in [3.63, 3.8) is 0 Å². The number of aromatic nitrogens is 3. The SMILES string of the molecule is CC(C)Sc1ccccc1Sc1cnc(N2CCC3(Cc4ccccc4C3)C(N[S@+]([O-])C(C)(C)C)C2)n2ccnc12. The van der Waals surface area contributed by atoms with Crippen molar-refractivity contribution in [3.8, 4) is 0 Å². The van der Waals surface area contributed by atoms with Crippen molar-refractivity contribution in [2.45, 2.75) is 84.6 Å². The third-order valence-corrected chi connectivity index (χ3v) is 12.0. The number of rotatable bonds is 7. The van der Waals surface area contributed by atoms with Crippen LogP contribution in [0.2, 0.25) is 0 Å². The molecule has 0 amide bonds. The molecule has 1 N–H and O–H groups in total. The zero-order valence-corrected chi connectivity index (χ0v) is 26.9. The maximum Gasteiger partial charge on any atom is 0.211 e. The summed E-state index contributed by atoms with van der Waals surface area (Å²) in [4.78, 5) is 15.7. The van der Waals surface area contributed by atoms with Crippen molar-refractivity contribution in [3.05, 3.63) is 78.2 Å². The highest BCUT2D eigenvalue weighted by Gasteiger charge is 2.50. The van der Waals surface area contributed by atoms with Crippen molar-refractivity contribution in [2.24, 2.45) is 5.41 Å². The molecule has 1 aliphatic carbocycles. The van der Waals surface area contributed by atoms with Crippen molar-refractivity contribution in [1.29, 1.82) is 0 Å². The third kappa shape index (κ3) is 5.89. The second-order valence-corrected chi connectivity index (χ2v) is 17.2. The highest BCUT2D eigenvalue weighted by Crippen LogP contribution is 2.46. The Hall–Kier alpha value is -2.17. The minimum absolute atomic E-state index is 0.0444. The van der Waals surface area contributed by atoms with Crippen molar-refractivity contribution >= 4 is 46.5 Å². The second-order valence-electron chi connectivity index (χ2n) is 12.5. The predicted octanol–water partition coefficient (Wildman–Crippen LogP) is 6.80. The van der Waals surface area contributed by atoms with Crippen molar-refractivity contribution in [2.75, 3.05) is 18.0 Å². The molecule has 6 rings (SSSR count). The summed E-state index contributed by atoms with van der Waals surface area (Å²) in [6.45, 7) is 12.2. The van der Waals surface area contributed by atoms with E-state index < -0.39 is 11.4 Å². The number of fused-ring (bicyclic) bond motifs is 2. The molecule has 41 heavy (non-hydrogen) atoms. The van der Waals surface area contributed by atoms with E-state index in [9.17, 15) is 4.55 Å². The van der Waals surface area contributed by atoms with E-state index in [4.69, 9.17) is 9.97 Å². The largest absolute Gasteiger partial charge is 0.598 e. The zero-order valence-electron chi connectivity index (χ0n) is 24.5. The predicted molar refractivity (Wildman–Crippen MR) is 172 cm³/mol. The van der Waals surface area contributed by atoms with Crippen LogP contribution in [0, 0.1) is 5.41 Å². The Labute approximate surface area is 255 Å². The summed E-state index contributed by atoms with van der Waals surface area (Å²) in [5.74, 6) is 0.894. The summed E-state index contributed by atoms with van der Waals surface area (Å²) in [5, 5.41) is 0.507. The number of imidazole rings is 1.